The zero-order chi connectivity index (χ0) is 12.3. The Kier molecular flexibility index (Phi) is 3.85. The van der Waals surface area contributed by atoms with E-state index < -0.39 is 0 Å². The van der Waals surface area contributed by atoms with Crippen molar-refractivity contribution in [1.29, 1.82) is 0 Å². The zero-order valence-corrected chi connectivity index (χ0v) is 11.3. The number of nitrogens with zero attached hydrogens (tertiary/aromatic N) is 4. The molecule has 0 aliphatic rings. The van der Waals surface area contributed by atoms with Crippen LogP contribution in [0.1, 0.15) is 5.82 Å². The predicted octanol–water partition coefficient (Wildman–Crippen LogP) is 1.23. The number of hydrogen-bond acceptors (Lipinski definition) is 7. The highest BCUT2D eigenvalue weighted by atomic mass is 32.2. The number of thioether (sulfide) groups is 1. The average Bonchev–Trinajstić information content (AvgIpc) is 2.86. The van der Waals surface area contributed by atoms with E-state index in [2.05, 4.69) is 19.9 Å². The molecule has 92 valence electrons. The van der Waals surface area contributed by atoms with Gasteiger partial charge in [0.05, 0.1) is 4.90 Å². The van der Waals surface area contributed by atoms with Crippen LogP contribution >= 0.6 is 23.3 Å². The first kappa shape index (κ1) is 12.2. The van der Waals surface area contributed by atoms with Gasteiger partial charge in [-0.25, -0.2) is 0 Å². The van der Waals surface area contributed by atoms with Crippen molar-refractivity contribution >= 4 is 34.1 Å². The molecule has 0 radical (unpaired) electrons. The minimum Gasteiger partial charge on any atom is -0.382 e. The summed E-state index contributed by atoms with van der Waals surface area (Å²) >= 11 is 3.00. The van der Waals surface area contributed by atoms with Gasteiger partial charge in [-0.05, 0) is 17.8 Å². The standard InChI is InChI=1S/C9H14N6S2/c1-15-5-12-13-6(15)3-4-11-9-7(16-2)8(10)14-17-9/h5,11H,3-4H2,1-2H3,(H2,10,14). The molecule has 0 aliphatic carbocycles. The Morgan fingerprint density at radius 3 is 3.06 bits per heavy atom. The lowest BCUT2D eigenvalue weighted by molar-refractivity contribution is 0.788. The second-order valence-electron chi connectivity index (χ2n) is 3.47. The van der Waals surface area contributed by atoms with Crippen LogP contribution in [0.5, 0.6) is 0 Å². The van der Waals surface area contributed by atoms with Crippen LogP contribution in [0.15, 0.2) is 11.2 Å². The summed E-state index contributed by atoms with van der Waals surface area (Å²) in [5.41, 5.74) is 5.75. The van der Waals surface area contributed by atoms with Crippen LogP contribution in [0.25, 0.3) is 0 Å². The van der Waals surface area contributed by atoms with E-state index in [1.807, 2.05) is 17.9 Å². The van der Waals surface area contributed by atoms with Gasteiger partial charge in [-0.1, -0.05) is 0 Å². The van der Waals surface area contributed by atoms with Crippen molar-refractivity contribution < 1.29 is 0 Å². The lowest BCUT2D eigenvalue weighted by Gasteiger charge is -2.04. The third-order valence-electron chi connectivity index (χ3n) is 2.32. The second kappa shape index (κ2) is 5.37. The molecule has 0 bridgehead atoms. The highest BCUT2D eigenvalue weighted by Crippen LogP contribution is 2.34. The average molecular weight is 270 g/mol. The highest BCUT2D eigenvalue weighted by Gasteiger charge is 2.10. The van der Waals surface area contributed by atoms with Crippen LogP contribution in [0.4, 0.5) is 10.8 Å². The Bertz CT molecular complexity index is 491. The molecule has 17 heavy (non-hydrogen) atoms. The number of aromatic nitrogens is 4. The number of nitrogens with two attached hydrogens (primary N) is 1. The smallest absolute Gasteiger partial charge is 0.153 e. The number of rotatable bonds is 5. The number of aryl methyl sites for hydroxylation is 1. The van der Waals surface area contributed by atoms with E-state index in [9.17, 15) is 0 Å². The minimum absolute atomic E-state index is 0.601. The van der Waals surface area contributed by atoms with Crippen LogP contribution in [0.2, 0.25) is 0 Å². The van der Waals surface area contributed by atoms with Crippen molar-refractivity contribution in [3.05, 3.63) is 12.2 Å². The molecule has 0 unspecified atom stereocenters. The SMILES string of the molecule is CSc1c(N)nsc1NCCc1nncn1C. The molecule has 8 heteroatoms. The Hall–Kier alpha value is -1.28. The third-order valence-corrected chi connectivity index (χ3v) is 4.09. The van der Waals surface area contributed by atoms with Gasteiger partial charge in [0.2, 0.25) is 0 Å². The highest BCUT2D eigenvalue weighted by molar-refractivity contribution is 7.99. The molecule has 0 fully saturated rings. The number of anilines is 2. The topological polar surface area (TPSA) is 81.7 Å². The minimum atomic E-state index is 0.601. The number of nitrogen functional groups attached to an aromatic ring is 1. The molecule has 3 N–H and O–H groups in total. The van der Waals surface area contributed by atoms with E-state index in [4.69, 9.17) is 5.73 Å². The Morgan fingerprint density at radius 1 is 1.59 bits per heavy atom. The van der Waals surface area contributed by atoms with Gasteiger partial charge in [0.1, 0.15) is 17.2 Å². The molecule has 0 saturated carbocycles. The summed E-state index contributed by atoms with van der Waals surface area (Å²) < 4.78 is 6.04. The molecule has 6 nitrogen and oxygen atoms in total. The summed E-state index contributed by atoms with van der Waals surface area (Å²) in [5, 5.41) is 12.2. The Labute approximate surface area is 108 Å². The van der Waals surface area contributed by atoms with Crippen molar-refractivity contribution in [2.45, 2.75) is 11.3 Å². The van der Waals surface area contributed by atoms with Gasteiger partial charge in [-0.2, -0.15) is 4.37 Å². The van der Waals surface area contributed by atoms with Crippen molar-refractivity contribution in [2.75, 3.05) is 23.9 Å². The molecule has 2 heterocycles. The first-order valence-corrected chi connectivity index (χ1v) is 7.08. The molecule has 0 atom stereocenters. The largest absolute Gasteiger partial charge is 0.382 e. The lowest BCUT2D eigenvalue weighted by Crippen LogP contribution is -2.08. The zero-order valence-electron chi connectivity index (χ0n) is 9.67. The fourth-order valence-corrected chi connectivity index (χ4v) is 2.99. The first-order valence-electron chi connectivity index (χ1n) is 5.08. The maximum absolute atomic E-state index is 5.75. The third kappa shape index (κ3) is 2.70. The van der Waals surface area contributed by atoms with Crippen molar-refractivity contribution in [1.82, 2.24) is 19.1 Å². The summed E-state index contributed by atoms with van der Waals surface area (Å²) in [5.74, 6) is 1.56. The van der Waals surface area contributed by atoms with Crippen LogP contribution < -0.4 is 11.1 Å². The van der Waals surface area contributed by atoms with E-state index in [0.29, 0.717) is 5.82 Å². The summed E-state index contributed by atoms with van der Waals surface area (Å²) in [7, 11) is 1.94. The van der Waals surface area contributed by atoms with Gasteiger partial charge in [0.15, 0.2) is 5.82 Å². The van der Waals surface area contributed by atoms with E-state index in [0.717, 1.165) is 28.7 Å². The van der Waals surface area contributed by atoms with Crippen molar-refractivity contribution in [2.24, 2.45) is 7.05 Å². The first-order chi connectivity index (χ1) is 8.22. The second-order valence-corrected chi connectivity index (χ2v) is 5.05. The number of hydrogen-bond donors (Lipinski definition) is 2. The Morgan fingerprint density at radius 2 is 2.41 bits per heavy atom. The maximum atomic E-state index is 5.75. The summed E-state index contributed by atoms with van der Waals surface area (Å²) in [6, 6.07) is 0. The number of nitrogens with one attached hydrogen (secondary N) is 1. The van der Waals surface area contributed by atoms with Crippen LogP contribution in [-0.4, -0.2) is 31.9 Å². The van der Waals surface area contributed by atoms with E-state index in [1.54, 1.807) is 18.1 Å². The van der Waals surface area contributed by atoms with Crippen molar-refractivity contribution in [3.8, 4) is 0 Å². The summed E-state index contributed by atoms with van der Waals surface area (Å²) in [4.78, 5) is 1.02. The monoisotopic (exact) mass is 270 g/mol. The van der Waals surface area contributed by atoms with Gasteiger partial charge >= 0.3 is 0 Å². The van der Waals surface area contributed by atoms with Gasteiger partial charge in [0.25, 0.3) is 0 Å². The van der Waals surface area contributed by atoms with E-state index in [1.165, 1.54) is 11.5 Å². The van der Waals surface area contributed by atoms with Gasteiger partial charge in [-0.15, -0.1) is 22.0 Å². The van der Waals surface area contributed by atoms with Crippen LogP contribution in [0, 0.1) is 0 Å². The molecule has 2 rings (SSSR count). The molecule has 2 aromatic heterocycles. The lowest BCUT2D eigenvalue weighted by atomic mass is 10.4. The predicted molar refractivity (Wildman–Crippen MR) is 71.5 cm³/mol. The van der Waals surface area contributed by atoms with Crippen LogP contribution in [-0.2, 0) is 13.5 Å². The molecule has 0 spiro atoms. The summed E-state index contributed by atoms with van der Waals surface area (Å²) in [6.07, 6.45) is 4.52. The quantitative estimate of drug-likeness (QED) is 0.795. The summed E-state index contributed by atoms with van der Waals surface area (Å²) in [6.45, 7) is 0.793. The maximum Gasteiger partial charge on any atom is 0.153 e. The van der Waals surface area contributed by atoms with Crippen LogP contribution in [0.3, 0.4) is 0 Å². The molecule has 0 aliphatic heterocycles. The molecular weight excluding hydrogens is 256 g/mol. The Balaban J connectivity index is 1.92. The van der Waals surface area contributed by atoms with Crippen molar-refractivity contribution in [3.63, 3.8) is 0 Å². The molecule has 0 aromatic carbocycles. The van der Waals surface area contributed by atoms with E-state index >= 15 is 0 Å². The molecular formula is C9H14N6S2. The fourth-order valence-electron chi connectivity index (χ4n) is 1.43. The normalized spacial score (nSPS) is 10.7. The molecule has 0 amide bonds. The molecule has 2 aromatic rings. The van der Waals surface area contributed by atoms with Gasteiger partial charge < -0.3 is 15.6 Å². The van der Waals surface area contributed by atoms with E-state index in [-0.39, 0.29) is 0 Å². The fraction of sp³-hybridized carbons (Fsp3) is 0.444. The van der Waals surface area contributed by atoms with Gasteiger partial charge in [-0.3, -0.25) is 0 Å². The van der Waals surface area contributed by atoms with Gasteiger partial charge in [0, 0.05) is 20.0 Å². The molecule has 0 saturated heterocycles.